The van der Waals surface area contributed by atoms with Crippen LogP contribution in [0.4, 0.5) is 5.69 Å². The molecule has 24 heavy (non-hydrogen) atoms. The maximum atomic E-state index is 4.42. The number of hydrogen-bond donors (Lipinski definition) is 1. The molecule has 1 aliphatic heterocycles. The number of anilines is 1. The zero-order valence-electron chi connectivity index (χ0n) is 13.7. The maximum Gasteiger partial charge on any atom is 0.0707 e. The third kappa shape index (κ3) is 3.17. The van der Waals surface area contributed by atoms with Crippen molar-refractivity contribution >= 4 is 28.7 Å². The molecule has 0 saturated carbocycles. The fourth-order valence-corrected chi connectivity index (χ4v) is 3.17. The monoisotopic (exact) mass is 315 g/mol. The molecule has 1 aromatic heterocycles. The average Bonchev–Trinajstić information content (AvgIpc) is 2.67. The summed E-state index contributed by atoms with van der Waals surface area (Å²) in [6, 6.07) is 19.1. The minimum absolute atomic E-state index is 1.04. The normalized spacial score (nSPS) is 15.2. The Morgan fingerprint density at radius 3 is 2.50 bits per heavy atom. The van der Waals surface area contributed by atoms with Crippen LogP contribution in [0.1, 0.15) is 11.1 Å². The predicted molar refractivity (Wildman–Crippen MR) is 102 cm³/mol. The van der Waals surface area contributed by atoms with Crippen molar-refractivity contribution in [3.63, 3.8) is 0 Å². The number of hydrogen-bond acceptors (Lipinski definition) is 3. The Kier molecular flexibility index (Phi) is 4.26. The molecular formula is C21H21N3. The van der Waals surface area contributed by atoms with Gasteiger partial charge >= 0.3 is 0 Å². The second kappa shape index (κ2) is 6.85. The van der Waals surface area contributed by atoms with Gasteiger partial charge in [-0.25, -0.2) is 0 Å². The highest BCUT2D eigenvalue weighted by molar-refractivity contribution is 5.90. The third-order valence-electron chi connectivity index (χ3n) is 4.51. The van der Waals surface area contributed by atoms with E-state index in [4.69, 9.17) is 0 Å². The summed E-state index contributed by atoms with van der Waals surface area (Å²) < 4.78 is 0. The number of rotatable bonds is 3. The van der Waals surface area contributed by atoms with Crippen molar-refractivity contribution in [2.75, 3.05) is 31.1 Å². The standard InChI is InChI=1S/C21H21N3/c1-2-4-21-20(3-1)18(11-12-23-21)8-5-17-6-9-19(10-7-17)24-15-13-22-14-16-24/h1-12,22H,13-16H2/b8-5+. The lowest BCUT2D eigenvalue weighted by molar-refractivity contribution is 0.589. The first-order chi connectivity index (χ1) is 11.9. The van der Waals surface area contributed by atoms with Gasteiger partial charge in [0.1, 0.15) is 0 Å². The van der Waals surface area contributed by atoms with Gasteiger partial charge in [0.05, 0.1) is 5.52 Å². The highest BCUT2D eigenvalue weighted by Gasteiger charge is 2.09. The number of benzene rings is 2. The highest BCUT2D eigenvalue weighted by Crippen LogP contribution is 2.20. The van der Waals surface area contributed by atoms with Gasteiger partial charge in [-0.2, -0.15) is 0 Å². The Morgan fingerprint density at radius 2 is 1.67 bits per heavy atom. The molecule has 0 amide bonds. The zero-order valence-corrected chi connectivity index (χ0v) is 13.7. The van der Waals surface area contributed by atoms with Crippen molar-refractivity contribution in [1.29, 1.82) is 0 Å². The van der Waals surface area contributed by atoms with Crippen LogP contribution in [-0.4, -0.2) is 31.2 Å². The van der Waals surface area contributed by atoms with E-state index in [1.54, 1.807) is 0 Å². The first-order valence-corrected chi connectivity index (χ1v) is 8.48. The third-order valence-corrected chi connectivity index (χ3v) is 4.51. The molecule has 0 bridgehead atoms. The molecule has 1 fully saturated rings. The van der Waals surface area contributed by atoms with Crippen molar-refractivity contribution in [2.45, 2.75) is 0 Å². The van der Waals surface area contributed by atoms with E-state index in [0.717, 1.165) is 31.7 Å². The summed E-state index contributed by atoms with van der Waals surface area (Å²) in [4.78, 5) is 6.85. The Morgan fingerprint density at radius 1 is 0.875 bits per heavy atom. The Balaban J connectivity index is 1.55. The fourth-order valence-electron chi connectivity index (χ4n) is 3.17. The van der Waals surface area contributed by atoms with E-state index in [9.17, 15) is 0 Å². The summed E-state index contributed by atoms with van der Waals surface area (Å²) in [5.41, 5.74) is 4.76. The topological polar surface area (TPSA) is 28.2 Å². The molecule has 2 heterocycles. The van der Waals surface area contributed by atoms with E-state index < -0.39 is 0 Å². The Hall–Kier alpha value is -2.65. The molecule has 0 radical (unpaired) electrons. The summed E-state index contributed by atoms with van der Waals surface area (Å²) in [6.45, 7) is 4.30. The van der Waals surface area contributed by atoms with Gasteiger partial charge in [0.15, 0.2) is 0 Å². The van der Waals surface area contributed by atoms with Crippen molar-refractivity contribution in [3.05, 3.63) is 71.9 Å². The molecule has 3 heteroatoms. The van der Waals surface area contributed by atoms with Crippen LogP contribution in [0, 0.1) is 0 Å². The lowest BCUT2D eigenvalue weighted by atomic mass is 10.1. The summed E-state index contributed by atoms with van der Waals surface area (Å²) in [5, 5.41) is 4.58. The van der Waals surface area contributed by atoms with Crippen LogP contribution in [0.2, 0.25) is 0 Å². The number of fused-ring (bicyclic) bond motifs is 1. The first kappa shape index (κ1) is 14.9. The molecule has 0 atom stereocenters. The van der Waals surface area contributed by atoms with Gasteiger partial charge in [0, 0.05) is 43.4 Å². The van der Waals surface area contributed by atoms with Crippen LogP contribution >= 0.6 is 0 Å². The summed E-state index contributed by atoms with van der Waals surface area (Å²) >= 11 is 0. The number of piperazine rings is 1. The number of para-hydroxylation sites is 1. The first-order valence-electron chi connectivity index (χ1n) is 8.48. The molecule has 0 aliphatic carbocycles. The summed E-state index contributed by atoms with van der Waals surface area (Å²) in [5.74, 6) is 0. The van der Waals surface area contributed by atoms with Crippen LogP contribution in [0.3, 0.4) is 0 Å². The molecule has 4 rings (SSSR count). The predicted octanol–water partition coefficient (Wildman–Crippen LogP) is 3.81. The number of aromatic nitrogens is 1. The molecule has 1 saturated heterocycles. The van der Waals surface area contributed by atoms with Gasteiger partial charge in [-0.1, -0.05) is 42.5 Å². The summed E-state index contributed by atoms with van der Waals surface area (Å²) in [7, 11) is 0. The van der Waals surface area contributed by atoms with Crippen LogP contribution < -0.4 is 10.2 Å². The van der Waals surface area contributed by atoms with Crippen LogP contribution in [-0.2, 0) is 0 Å². The van der Waals surface area contributed by atoms with Crippen LogP contribution in [0.25, 0.3) is 23.1 Å². The molecule has 0 spiro atoms. The van der Waals surface area contributed by atoms with Crippen molar-refractivity contribution in [1.82, 2.24) is 10.3 Å². The van der Waals surface area contributed by atoms with Gasteiger partial charge in [-0.05, 0) is 35.4 Å². The van der Waals surface area contributed by atoms with Crippen molar-refractivity contribution < 1.29 is 0 Å². The molecule has 3 nitrogen and oxygen atoms in total. The molecule has 2 aromatic carbocycles. The van der Waals surface area contributed by atoms with Gasteiger partial charge in [-0.15, -0.1) is 0 Å². The average molecular weight is 315 g/mol. The largest absolute Gasteiger partial charge is 0.369 e. The van der Waals surface area contributed by atoms with E-state index in [1.165, 1.54) is 22.2 Å². The number of nitrogens with one attached hydrogen (secondary N) is 1. The number of pyridine rings is 1. The summed E-state index contributed by atoms with van der Waals surface area (Å²) in [6.07, 6.45) is 6.21. The molecule has 120 valence electrons. The van der Waals surface area contributed by atoms with Gasteiger partial charge in [-0.3, -0.25) is 4.98 Å². The van der Waals surface area contributed by atoms with E-state index in [1.807, 2.05) is 12.3 Å². The maximum absolute atomic E-state index is 4.42. The minimum atomic E-state index is 1.04. The lowest BCUT2D eigenvalue weighted by Gasteiger charge is -2.29. The zero-order chi connectivity index (χ0) is 16.2. The van der Waals surface area contributed by atoms with E-state index in [0.29, 0.717) is 0 Å². The van der Waals surface area contributed by atoms with Gasteiger partial charge in [0.25, 0.3) is 0 Å². The molecular weight excluding hydrogens is 294 g/mol. The van der Waals surface area contributed by atoms with Crippen LogP contribution in [0.5, 0.6) is 0 Å². The lowest BCUT2D eigenvalue weighted by Crippen LogP contribution is -2.43. The Labute approximate surface area is 142 Å². The second-order valence-electron chi connectivity index (χ2n) is 6.08. The highest BCUT2D eigenvalue weighted by atomic mass is 15.2. The molecule has 3 aromatic rings. The molecule has 1 aliphatic rings. The fraction of sp³-hybridized carbons (Fsp3) is 0.190. The van der Waals surface area contributed by atoms with E-state index in [-0.39, 0.29) is 0 Å². The van der Waals surface area contributed by atoms with Crippen molar-refractivity contribution in [3.8, 4) is 0 Å². The Bertz CT molecular complexity index is 841. The van der Waals surface area contributed by atoms with E-state index in [2.05, 4.69) is 75.9 Å². The second-order valence-corrected chi connectivity index (χ2v) is 6.08. The smallest absolute Gasteiger partial charge is 0.0707 e. The van der Waals surface area contributed by atoms with Gasteiger partial charge < -0.3 is 10.2 Å². The number of nitrogens with zero attached hydrogens (tertiary/aromatic N) is 2. The SMILES string of the molecule is C(=C\c1ccnc2ccccc12)/c1ccc(N2CCNCC2)cc1. The minimum Gasteiger partial charge on any atom is -0.369 e. The van der Waals surface area contributed by atoms with Crippen molar-refractivity contribution in [2.24, 2.45) is 0 Å². The quantitative estimate of drug-likeness (QED) is 0.796. The van der Waals surface area contributed by atoms with Crippen LogP contribution in [0.15, 0.2) is 60.8 Å². The molecule has 0 unspecified atom stereocenters. The van der Waals surface area contributed by atoms with Gasteiger partial charge in [0.2, 0.25) is 0 Å². The molecule has 1 N–H and O–H groups in total. The van der Waals surface area contributed by atoms with E-state index >= 15 is 0 Å².